The molecule has 0 aliphatic heterocycles. The number of nitrogens with zero attached hydrogens (tertiary/aromatic N) is 1. The molecule has 30 heavy (non-hydrogen) atoms. The first-order chi connectivity index (χ1) is 14.3. The number of halogens is 1. The molecule has 0 heterocycles. The minimum Gasteiger partial charge on any atom is -0.452 e. The van der Waals surface area contributed by atoms with Gasteiger partial charge < -0.3 is 10.1 Å². The molecular formula is C21H23FN2O5S. The van der Waals surface area contributed by atoms with Crippen LogP contribution in [-0.4, -0.2) is 44.3 Å². The highest BCUT2D eigenvalue weighted by molar-refractivity contribution is 7.89. The molecule has 9 heteroatoms. The number of anilines is 1. The number of rotatable bonds is 9. The molecule has 0 aliphatic carbocycles. The minimum absolute atomic E-state index is 0.119. The summed E-state index contributed by atoms with van der Waals surface area (Å²) in [6.45, 7) is 3.67. The van der Waals surface area contributed by atoms with E-state index in [4.69, 9.17) is 4.74 Å². The Balaban J connectivity index is 1.89. The van der Waals surface area contributed by atoms with Crippen LogP contribution in [0.3, 0.4) is 0 Å². The zero-order valence-electron chi connectivity index (χ0n) is 16.7. The maximum atomic E-state index is 13.5. The van der Waals surface area contributed by atoms with Gasteiger partial charge in [0.15, 0.2) is 6.61 Å². The van der Waals surface area contributed by atoms with Crippen LogP contribution >= 0.6 is 0 Å². The van der Waals surface area contributed by atoms with Gasteiger partial charge in [0.1, 0.15) is 5.82 Å². The normalized spacial score (nSPS) is 11.6. The lowest BCUT2D eigenvalue weighted by Gasteiger charge is -2.18. The standard InChI is InChI=1S/C21H23FN2O5S/c1-3-24(4-2)30(27,28)18-12-10-17(11-13-18)23-20(25)15-29-21(26)14-9-16-7-5-6-8-19(16)22/h5-14H,3-4,15H2,1-2H3,(H,23,25)/b14-9+. The van der Waals surface area contributed by atoms with E-state index in [2.05, 4.69) is 5.32 Å². The van der Waals surface area contributed by atoms with Crippen LogP contribution < -0.4 is 5.32 Å². The van der Waals surface area contributed by atoms with Gasteiger partial charge in [-0.3, -0.25) is 4.79 Å². The molecule has 1 N–H and O–H groups in total. The molecule has 1 amide bonds. The second-order valence-electron chi connectivity index (χ2n) is 6.12. The third-order valence-electron chi connectivity index (χ3n) is 4.13. The number of amides is 1. The van der Waals surface area contributed by atoms with Gasteiger partial charge in [-0.1, -0.05) is 32.0 Å². The van der Waals surface area contributed by atoms with Crippen molar-refractivity contribution in [2.75, 3.05) is 25.0 Å². The SMILES string of the molecule is CCN(CC)S(=O)(=O)c1ccc(NC(=O)COC(=O)/C=C/c2ccccc2F)cc1. The summed E-state index contributed by atoms with van der Waals surface area (Å²) in [6.07, 6.45) is 2.28. The van der Waals surface area contributed by atoms with Crippen molar-refractivity contribution < 1.29 is 27.1 Å². The molecule has 0 saturated carbocycles. The van der Waals surface area contributed by atoms with Gasteiger partial charge in [-0.15, -0.1) is 0 Å². The molecule has 0 unspecified atom stereocenters. The predicted molar refractivity (Wildman–Crippen MR) is 112 cm³/mol. The summed E-state index contributed by atoms with van der Waals surface area (Å²) in [7, 11) is -3.58. The van der Waals surface area contributed by atoms with Crippen molar-refractivity contribution in [3.05, 3.63) is 66.0 Å². The Morgan fingerprint density at radius 1 is 1.07 bits per heavy atom. The monoisotopic (exact) mass is 434 g/mol. The van der Waals surface area contributed by atoms with Gasteiger partial charge in [0.25, 0.3) is 5.91 Å². The number of esters is 1. The fraction of sp³-hybridized carbons (Fsp3) is 0.238. The van der Waals surface area contributed by atoms with Gasteiger partial charge in [-0.05, 0) is 36.4 Å². The minimum atomic E-state index is -3.58. The second kappa shape index (κ2) is 10.7. The maximum absolute atomic E-state index is 13.5. The van der Waals surface area contributed by atoms with Crippen molar-refractivity contribution in [3.63, 3.8) is 0 Å². The Labute approximate surface area is 175 Å². The van der Waals surface area contributed by atoms with Gasteiger partial charge in [-0.25, -0.2) is 17.6 Å². The molecule has 7 nitrogen and oxygen atoms in total. The van der Waals surface area contributed by atoms with E-state index >= 15 is 0 Å². The zero-order chi connectivity index (χ0) is 22.1. The topological polar surface area (TPSA) is 92.8 Å². The quantitative estimate of drug-likeness (QED) is 0.484. The van der Waals surface area contributed by atoms with Gasteiger partial charge in [0.2, 0.25) is 10.0 Å². The number of sulfonamides is 1. The van der Waals surface area contributed by atoms with Crippen LogP contribution in [0.15, 0.2) is 59.5 Å². The van der Waals surface area contributed by atoms with E-state index in [-0.39, 0.29) is 10.5 Å². The van der Waals surface area contributed by atoms with E-state index in [0.717, 1.165) is 6.08 Å². The Morgan fingerprint density at radius 2 is 1.70 bits per heavy atom. The van der Waals surface area contributed by atoms with Crippen molar-refractivity contribution in [3.8, 4) is 0 Å². The molecule has 2 rings (SSSR count). The molecule has 0 fully saturated rings. The van der Waals surface area contributed by atoms with Crippen LogP contribution in [0, 0.1) is 5.82 Å². The third kappa shape index (κ3) is 6.23. The Bertz CT molecular complexity index is 1020. The van der Waals surface area contributed by atoms with Gasteiger partial charge >= 0.3 is 5.97 Å². The summed E-state index contributed by atoms with van der Waals surface area (Å²) in [4.78, 5) is 23.7. The molecule has 0 aliphatic rings. The van der Waals surface area contributed by atoms with Gasteiger partial charge in [0.05, 0.1) is 4.90 Å². The summed E-state index contributed by atoms with van der Waals surface area (Å²) >= 11 is 0. The molecule has 0 bridgehead atoms. The van der Waals surface area contributed by atoms with Crippen molar-refractivity contribution >= 4 is 33.7 Å². The maximum Gasteiger partial charge on any atom is 0.331 e. The number of hydrogen-bond acceptors (Lipinski definition) is 5. The van der Waals surface area contributed by atoms with Crippen LogP contribution in [0.25, 0.3) is 6.08 Å². The number of hydrogen-bond donors (Lipinski definition) is 1. The van der Waals surface area contributed by atoms with E-state index in [1.54, 1.807) is 19.9 Å². The summed E-state index contributed by atoms with van der Waals surface area (Å²) < 4.78 is 44.5. The number of ether oxygens (including phenoxy) is 1. The van der Waals surface area contributed by atoms with Gasteiger partial charge in [0, 0.05) is 30.4 Å². The first kappa shape index (κ1) is 23.2. The van der Waals surface area contributed by atoms with E-state index in [0.29, 0.717) is 18.8 Å². The van der Waals surface area contributed by atoms with Crippen LogP contribution in [0.1, 0.15) is 19.4 Å². The first-order valence-corrected chi connectivity index (χ1v) is 10.7. The molecule has 2 aromatic carbocycles. The fourth-order valence-electron chi connectivity index (χ4n) is 2.57. The van der Waals surface area contributed by atoms with Crippen molar-refractivity contribution in [2.45, 2.75) is 18.7 Å². The molecule has 0 aromatic heterocycles. The fourth-order valence-corrected chi connectivity index (χ4v) is 4.03. The van der Waals surface area contributed by atoms with Crippen LogP contribution in [0.4, 0.5) is 10.1 Å². The third-order valence-corrected chi connectivity index (χ3v) is 6.20. The molecule has 0 saturated heterocycles. The Kier molecular flexibility index (Phi) is 8.25. The average Bonchev–Trinajstić information content (AvgIpc) is 2.73. The lowest BCUT2D eigenvalue weighted by molar-refractivity contribution is -0.142. The Hall–Kier alpha value is -3.04. The molecule has 0 spiro atoms. The Morgan fingerprint density at radius 3 is 2.30 bits per heavy atom. The van der Waals surface area contributed by atoms with Crippen molar-refractivity contribution in [1.82, 2.24) is 4.31 Å². The highest BCUT2D eigenvalue weighted by Gasteiger charge is 2.21. The molecule has 2 aromatic rings. The summed E-state index contributed by atoms with van der Waals surface area (Å²) in [6, 6.07) is 11.6. The van der Waals surface area contributed by atoms with Crippen molar-refractivity contribution in [2.24, 2.45) is 0 Å². The predicted octanol–water partition coefficient (Wildman–Crippen LogP) is 3.05. The molecule has 160 valence electrons. The van der Waals surface area contributed by atoms with E-state index < -0.39 is 34.3 Å². The molecular weight excluding hydrogens is 411 g/mol. The van der Waals surface area contributed by atoms with E-state index in [9.17, 15) is 22.4 Å². The van der Waals surface area contributed by atoms with Gasteiger partial charge in [-0.2, -0.15) is 4.31 Å². The first-order valence-electron chi connectivity index (χ1n) is 9.27. The smallest absolute Gasteiger partial charge is 0.331 e. The number of carbonyl (C=O) groups is 2. The highest BCUT2D eigenvalue weighted by Crippen LogP contribution is 2.18. The number of nitrogens with one attached hydrogen (secondary N) is 1. The lowest BCUT2D eigenvalue weighted by atomic mass is 10.2. The number of benzene rings is 2. The average molecular weight is 434 g/mol. The van der Waals surface area contributed by atoms with Crippen LogP contribution in [-0.2, 0) is 24.3 Å². The number of carbonyl (C=O) groups excluding carboxylic acids is 2. The summed E-state index contributed by atoms with van der Waals surface area (Å²) in [5.74, 6) is -1.87. The van der Waals surface area contributed by atoms with Crippen LogP contribution in [0.5, 0.6) is 0 Å². The largest absolute Gasteiger partial charge is 0.452 e. The zero-order valence-corrected chi connectivity index (χ0v) is 17.5. The second-order valence-corrected chi connectivity index (χ2v) is 8.06. The summed E-state index contributed by atoms with van der Waals surface area (Å²) in [5.41, 5.74) is 0.579. The summed E-state index contributed by atoms with van der Waals surface area (Å²) in [5, 5.41) is 2.51. The molecule has 0 atom stereocenters. The van der Waals surface area contributed by atoms with E-state index in [1.807, 2.05) is 0 Å². The van der Waals surface area contributed by atoms with Crippen molar-refractivity contribution in [1.29, 1.82) is 0 Å². The van der Waals surface area contributed by atoms with Crippen LogP contribution in [0.2, 0.25) is 0 Å². The van der Waals surface area contributed by atoms with E-state index in [1.165, 1.54) is 52.8 Å². The molecule has 0 radical (unpaired) electrons. The lowest BCUT2D eigenvalue weighted by Crippen LogP contribution is -2.30. The highest BCUT2D eigenvalue weighted by atomic mass is 32.2.